The third kappa shape index (κ3) is 7.41. The smallest absolute Gasteiger partial charge is 0.264 e. The van der Waals surface area contributed by atoms with Gasteiger partial charge in [0.05, 0.1) is 41.3 Å². The third-order valence-electron chi connectivity index (χ3n) is 9.99. The number of carbonyl (C=O) groups excluding carboxylic acids is 1. The van der Waals surface area contributed by atoms with E-state index in [0.29, 0.717) is 30.5 Å². The van der Waals surface area contributed by atoms with E-state index in [2.05, 4.69) is 50.2 Å². The van der Waals surface area contributed by atoms with Crippen LogP contribution in [0.1, 0.15) is 67.2 Å². The number of benzene rings is 2. The number of hydrogen-bond donors (Lipinski definition) is 1. The van der Waals surface area contributed by atoms with Crippen LogP contribution in [0.25, 0.3) is 11.3 Å². The molecule has 51 heavy (non-hydrogen) atoms. The van der Waals surface area contributed by atoms with Gasteiger partial charge in [-0.2, -0.15) is 4.98 Å². The molecule has 1 saturated carbocycles. The van der Waals surface area contributed by atoms with E-state index >= 15 is 0 Å². The molecule has 2 aromatic carbocycles. The van der Waals surface area contributed by atoms with Crippen LogP contribution in [0.5, 0.6) is 5.88 Å². The second-order valence-corrected chi connectivity index (χ2v) is 17.0. The standard InChI is InChI=1S/C38H46N8O4S/c1-24-10-7-11-25(2)35(24)30-17-34-42-37(41-30)43-51(48,49)29-15-8-12-26(16-29)36(47)46(31-21-45(22-32(31)50-34)23-38(3,4)5)20-27-18-39-19-33(40-27)44(6)28-13-9-14-28/h7-8,10-12,15-19,28,31-32H,9,13-14,20-23H2,1-6H3,(H,41,42,43)/t31-,32-/m1/s1. The van der Waals surface area contributed by atoms with Gasteiger partial charge < -0.3 is 14.5 Å². The third-order valence-corrected chi connectivity index (χ3v) is 11.3. The first-order valence-electron chi connectivity index (χ1n) is 17.6. The molecule has 4 aromatic rings. The molecule has 13 heteroatoms. The van der Waals surface area contributed by atoms with E-state index in [9.17, 15) is 13.2 Å². The van der Waals surface area contributed by atoms with Crippen LogP contribution in [-0.4, -0.2) is 88.9 Å². The van der Waals surface area contributed by atoms with Gasteiger partial charge in [0.1, 0.15) is 11.9 Å². The quantitative estimate of drug-likeness (QED) is 0.275. The molecule has 2 atom stereocenters. The molecular formula is C38H46N8O4S. The fourth-order valence-corrected chi connectivity index (χ4v) is 8.33. The summed E-state index contributed by atoms with van der Waals surface area (Å²) in [5.41, 5.74) is 4.24. The lowest BCUT2D eigenvalue weighted by Crippen LogP contribution is -2.48. The predicted molar refractivity (Wildman–Crippen MR) is 196 cm³/mol. The summed E-state index contributed by atoms with van der Waals surface area (Å²) in [4.78, 5) is 39.6. The second kappa shape index (κ2) is 13.5. The van der Waals surface area contributed by atoms with Gasteiger partial charge in [0.25, 0.3) is 15.9 Å². The first kappa shape index (κ1) is 34.8. The van der Waals surface area contributed by atoms with Crippen molar-refractivity contribution in [2.45, 2.75) is 83.5 Å². The van der Waals surface area contributed by atoms with E-state index < -0.39 is 22.2 Å². The first-order valence-corrected chi connectivity index (χ1v) is 19.0. The first-order chi connectivity index (χ1) is 24.2. The number of hydrogen-bond acceptors (Lipinski definition) is 10. The van der Waals surface area contributed by atoms with Gasteiger partial charge in [-0.25, -0.2) is 23.1 Å². The Morgan fingerprint density at radius 1 is 0.980 bits per heavy atom. The minimum Gasteiger partial charge on any atom is -0.471 e. The molecule has 1 saturated heterocycles. The predicted octanol–water partition coefficient (Wildman–Crippen LogP) is 5.47. The highest BCUT2D eigenvalue weighted by Crippen LogP contribution is 2.33. The zero-order chi connectivity index (χ0) is 36.1. The van der Waals surface area contributed by atoms with Gasteiger partial charge in [-0.1, -0.05) is 45.0 Å². The van der Waals surface area contributed by atoms with Gasteiger partial charge in [-0.15, -0.1) is 0 Å². The van der Waals surface area contributed by atoms with Crippen molar-refractivity contribution in [3.63, 3.8) is 0 Å². The Balaban J connectivity index is 1.36. The lowest BCUT2D eigenvalue weighted by atomic mass is 9.92. The molecule has 2 aliphatic heterocycles. The summed E-state index contributed by atoms with van der Waals surface area (Å²) >= 11 is 0. The maximum atomic E-state index is 14.7. The Bertz CT molecular complexity index is 2040. The molecule has 4 heterocycles. The highest BCUT2D eigenvalue weighted by molar-refractivity contribution is 7.92. The highest BCUT2D eigenvalue weighted by Gasteiger charge is 2.42. The summed E-state index contributed by atoms with van der Waals surface area (Å²) < 4.78 is 37.0. The number of likely N-dealkylation sites (tertiary alicyclic amines) is 1. The molecule has 0 radical (unpaired) electrons. The SMILES string of the molecule is Cc1cccc(C)c1-c1cc2nc(n1)NS(=O)(=O)c1cccc(c1)C(=O)N(Cc1cncc(N(C)C3CCC3)n1)[C@@H]1CN(CC(C)(C)C)C[C@H]1O2. The Kier molecular flexibility index (Phi) is 9.21. The lowest BCUT2D eigenvalue weighted by molar-refractivity contribution is 0.0515. The van der Waals surface area contributed by atoms with Crippen LogP contribution in [0, 0.1) is 19.3 Å². The topological polar surface area (TPSA) is 134 Å². The molecule has 0 spiro atoms. The van der Waals surface area contributed by atoms with Crippen molar-refractivity contribution in [3.05, 3.63) is 83.3 Å². The number of rotatable bonds is 6. The Hall–Kier alpha value is -4.62. The zero-order valence-electron chi connectivity index (χ0n) is 30.1. The van der Waals surface area contributed by atoms with Gasteiger partial charge in [0.2, 0.25) is 11.8 Å². The van der Waals surface area contributed by atoms with E-state index in [-0.39, 0.29) is 40.2 Å². The number of sulfonamides is 1. The fourth-order valence-electron chi connectivity index (χ4n) is 7.34. The highest BCUT2D eigenvalue weighted by atomic mass is 32.2. The van der Waals surface area contributed by atoms with Crippen LogP contribution >= 0.6 is 0 Å². The van der Waals surface area contributed by atoms with Gasteiger partial charge in [0, 0.05) is 49.9 Å². The monoisotopic (exact) mass is 710 g/mol. The van der Waals surface area contributed by atoms with Crippen LogP contribution in [-0.2, 0) is 16.6 Å². The number of ether oxygens (including phenoxy) is 1. The Morgan fingerprint density at radius 2 is 1.73 bits per heavy atom. The van der Waals surface area contributed by atoms with E-state index in [1.807, 2.05) is 39.1 Å². The average Bonchev–Trinajstić information content (AvgIpc) is 3.41. The largest absolute Gasteiger partial charge is 0.471 e. The molecule has 1 aliphatic carbocycles. The van der Waals surface area contributed by atoms with E-state index in [4.69, 9.17) is 9.72 Å². The normalized spacial score (nSPS) is 20.6. The van der Waals surface area contributed by atoms with Crippen molar-refractivity contribution >= 4 is 27.7 Å². The maximum absolute atomic E-state index is 14.7. The molecule has 2 aromatic heterocycles. The summed E-state index contributed by atoms with van der Waals surface area (Å²) in [5.74, 6) is 0.545. The summed E-state index contributed by atoms with van der Waals surface area (Å²) in [5, 5.41) is 0. The molecule has 268 valence electrons. The number of nitrogens with zero attached hydrogens (tertiary/aromatic N) is 7. The molecule has 4 bridgehead atoms. The number of nitrogens with one attached hydrogen (secondary N) is 1. The summed E-state index contributed by atoms with van der Waals surface area (Å²) in [6.45, 7) is 12.6. The molecule has 7 rings (SSSR count). The molecule has 3 aliphatic rings. The molecule has 2 fully saturated rings. The van der Waals surface area contributed by atoms with Crippen LogP contribution in [0.3, 0.4) is 0 Å². The van der Waals surface area contributed by atoms with Crippen LogP contribution < -0.4 is 14.4 Å². The second-order valence-electron chi connectivity index (χ2n) is 15.3. The van der Waals surface area contributed by atoms with Crippen LogP contribution in [0.4, 0.5) is 11.8 Å². The number of anilines is 2. The number of aromatic nitrogens is 4. The number of fused-ring (bicyclic) bond motifs is 5. The van der Waals surface area contributed by atoms with Gasteiger partial charge >= 0.3 is 0 Å². The minimum atomic E-state index is -4.18. The molecule has 12 nitrogen and oxygen atoms in total. The molecule has 1 amide bonds. The number of amides is 1. The van der Waals surface area contributed by atoms with Crippen molar-refractivity contribution in [1.82, 2.24) is 29.7 Å². The molecule has 1 N–H and O–H groups in total. The maximum Gasteiger partial charge on any atom is 0.264 e. The van der Waals surface area contributed by atoms with Crippen molar-refractivity contribution in [1.29, 1.82) is 0 Å². The average molecular weight is 711 g/mol. The Morgan fingerprint density at radius 3 is 2.43 bits per heavy atom. The summed E-state index contributed by atoms with van der Waals surface area (Å²) in [6.07, 6.45) is 6.38. The number of carbonyl (C=O) groups is 1. The molecular weight excluding hydrogens is 665 g/mol. The molecule has 0 unspecified atom stereocenters. The number of aryl methyl sites for hydroxylation is 2. The van der Waals surface area contributed by atoms with Crippen molar-refractivity contribution < 1.29 is 17.9 Å². The van der Waals surface area contributed by atoms with E-state index in [1.54, 1.807) is 35.5 Å². The van der Waals surface area contributed by atoms with Crippen molar-refractivity contribution in [2.24, 2.45) is 5.41 Å². The van der Waals surface area contributed by atoms with E-state index in [0.717, 1.165) is 41.9 Å². The van der Waals surface area contributed by atoms with Gasteiger partial charge in [0.15, 0.2) is 0 Å². The van der Waals surface area contributed by atoms with Crippen molar-refractivity contribution in [2.75, 3.05) is 36.3 Å². The lowest BCUT2D eigenvalue weighted by Gasteiger charge is -2.36. The van der Waals surface area contributed by atoms with Gasteiger partial charge in [-0.3, -0.25) is 14.7 Å². The fraction of sp³-hybridized carbons (Fsp3) is 0.447. The summed E-state index contributed by atoms with van der Waals surface area (Å²) in [7, 11) is -2.15. The van der Waals surface area contributed by atoms with Crippen LogP contribution in [0.15, 0.2) is 65.8 Å². The zero-order valence-corrected chi connectivity index (χ0v) is 30.9. The van der Waals surface area contributed by atoms with E-state index in [1.165, 1.54) is 18.6 Å². The van der Waals surface area contributed by atoms with Crippen LogP contribution in [0.2, 0.25) is 0 Å². The Labute approximate surface area is 300 Å². The van der Waals surface area contributed by atoms with Crippen molar-refractivity contribution in [3.8, 4) is 17.1 Å². The summed E-state index contributed by atoms with van der Waals surface area (Å²) in [6, 6.07) is 13.8. The minimum absolute atomic E-state index is 0.00867. The van der Waals surface area contributed by atoms with Gasteiger partial charge in [-0.05, 0) is 67.9 Å².